The summed E-state index contributed by atoms with van der Waals surface area (Å²) in [6.07, 6.45) is -0.805. The molecule has 0 radical (unpaired) electrons. The van der Waals surface area contributed by atoms with Crippen molar-refractivity contribution in [3.05, 3.63) is 59.7 Å². The van der Waals surface area contributed by atoms with E-state index in [1.807, 2.05) is 0 Å². The highest BCUT2D eigenvalue weighted by molar-refractivity contribution is 6.10. The van der Waals surface area contributed by atoms with Crippen LogP contribution in [0.4, 0.5) is 13.2 Å². The Bertz CT molecular complexity index is 540. The number of carbonyl (C=O) groups excluding carboxylic acids is 1. The number of ketones is 1. The number of halogens is 3. The number of carbonyl (C=O) groups is 1. The van der Waals surface area contributed by atoms with Crippen molar-refractivity contribution in [3.8, 4) is 0 Å². The van der Waals surface area contributed by atoms with Crippen molar-refractivity contribution in [3.63, 3.8) is 0 Å². The zero-order chi connectivity index (χ0) is 14.1. The Morgan fingerprint density at radius 1 is 1.21 bits per heavy atom. The van der Waals surface area contributed by atoms with Crippen molar-refractivity contribution in [2.24, 2.45) is 5.41 Å². The fourth-order valence-electron chi connectivity index (χ4n) is 1.87. The van der Waals surface area contributed by atoms with E-state index in [0.29, 0.717) is 11.1 Å². The second-order valence-electron chi connectivity index (χ2n) is 4.81. The number of hydrogen-bond donors (Lipinski definition) is 0. The average molecular weight is 266 g/mol. The van der Waals surface area contributed by atoms with E-state index in [-0.39, 0.29) is 12.2 Å². The molecule has 2 rings (SSSR count). The van der Waals surface area contributed by atoms with E-state index in [2.05, 4.69) is 0 Å². The third-order valence-corrected chi connectivity index (χ3v) is 3.32. The van der Waals surface area contributed by atoms with E-state index in [1.54, 1.807) is 30.3 Å². The predicted octanol–water partition coefficient (Wildman–Crippen LogP) is 4.32. The largest absolute Gasteiger partial charge is 0.397 e. The Morgan fingerprint density at radius 2 is 1.84 bits per heavy atom. The van der Waals surface area contributed by atoms with Gasteiger partial charge in [0.25, 0.3) is 0 Å². The Labute approximate surface area is 109 Å². The maximum Gasteiger partial charge on any atom is 0.397 e. The summed E-state index contributed by atoms with van der Waals surface area (Å²) in [5.41, 5.74) is -1.09. The average Bonchev–Trinajstić information content (AvgIpc) is 2.39. The third kappa shape index (κ3) is 2.62. The highest BCUT2D eigenvalue weighted by atomic mass is 19.4. The molecule has 1 aliphatic rings. The summed E-state index contributed by atoms with van der Waals surface area (Å²) in [6.45, 7) is 1.13. The van der Waals surface area contributed by atoms with Crippen LogP contribution in [0.1, 0.15) is 23.7 Å². The minimum absolute atomic E-state index is 0.207. The standard InChI is InChI=1S/C15H13F3O/c1-14(15(16,17)18)9-7-12(8-10-14)13(19)11-5-3-2-4-6-11/h2-9H,10H2,1H3. The molecule has 0 saturated carbocycles. The van der Waals surface area contributed by atoms with Crippen LogP contribution >= 0.6 is 0 Å². The minimum atomic E-state index is -4.30. The molecule has 0 fully saturated rings. The summed E-state index contributed by atoms with van der Waals surface area (Å²) in [5.74, 6) is -0.249. The molecule has 1 unspecified atom stereocenters. The van der Waals surface area contributed by atoms with Gasteiger partial charge in [0.1, 0.15) is 0 Å². The van der Waals surface area contributed by atoms with Gasteiger partial charge in [0, 0.05) is 11.1 Å². The van der Waals surface area contributed by atoms with E-state index in [1.165, 1.54) is 12.2 Å². The van der Waals surface area contributed by atoms with Gasteiger partial charge in [-0.2, -0.15) is 13.2 Å². The molecular formula is C15H13F3O. The number of benzene rings is 1. The fraction of sp³-hybridized carbons (Fsp3) is 0.267. The molecule has 0 aromatic heterocycles. The topological polar surface area (TPSA) is 17.1 Å². The molecule has 4 heteroatoms. The van der Waals surface area contributed by atoms with Crippen molar-refractivity contribution in [2.75, 3.05) is 0 Å². The first kappa shape index (κ1) is 13.6. The molecule has 1 atom stereocenters. The summed E-state index contributed by atoms with van der Waals surface area (Å²) in [7, 11) is 0. The highest BCUT2D eigenvalue weighted by Crippen LogP contribution is 2.44. The second kappa shape index (κ2) is 4.68. The van der Waals surface area contributed by atoms with Gasteiger partial charge in [0.2, 0.25) is 0 Å². The van der Waals surface area contributed by atoms with Crippen LogP contribution in [0.3, 0.4) is 0 Å². The molecule has 0 heterocycles. The first-order valence-electron chi connectivity index (χ1n) is 5.89. The molecule has 0 saturated heterocycles. The molecule has 1 aromatic carbocycles. The zero-order valence-electron chi connectivity index (χ0n) is 10.4. The van der Waals surface area contributed by atoms with E-state index >= 15 is 0 Å². The molecule has 0 N–H and O–H groups in total. The summed E-state index contributed by atoms with van der Waals surface area (Å²) >= 11 is 0. The van der Waals surface area contributed by atoms with Gasteiger partial charge in [0.15, 0.2) is 5.78 Å². The first-order valence-corrected chi connectivity index (χ1v) is 5.89. The van der Waals surface area contributed by atoms with Gasteiger partial charge in [-0.15, -0.1) is 0 Å². The van der Waals surface area contributed by atoms with Crippen LogP contribution in [0.15, 0.2) is 54.1 Å². The summed E-state index contributed by atoms with van der Waals surface area (Å²) in [6, 6.07) is 8.52. The van der Waals surface area contributed by atoms with Crippen LogP contribution < -0.4 is 0 Å². The predicted molar refractivity (Wildman–Crippen MR) is 66.8 cm³/mol. The summed E-state index contributed by atoms with van der Waals surface area (Å²) in [5, 5.41) is 0. The van der Waals surface area contributed by atoms with Gasteiger partial charge in [-0.25, -0.2) is 0 Å². The highest BCUT2D eigenvalue weighted by Gasteiger charge is 2.49. The Hall–Kier alpha value is -1.84. The lowest BCUT2D eigenvalue weighted by Gasteiger charge is -2.30. The lowest BCUT2D eigenvalue weighted by Crippen LogP contribution is -2.34. The van der Waals surface area contributed by atoms with E-state index in [4.69, 9.17) is 0 Å². The smallest absolute Gasteiger partial charge is 0.289 e. The van der Waals surface area contributed by atoms with Crippen molar-refractivity contribution in [1.82, 2.24) is 0 Å². The molecule has 19 heavy (non-hydrogen) atoms. The normalized spacial score (nSPS) is 23.1. The van der Waals surface area contributed by atoms with Gasteiger partial charge in [-0.3, -0.25) is 4.79 Å². The molecule has 1 aromatic rings. The van der Waals surface area contributed by atoms with Crippen molar-refractivity contribution in [2.45, 2.75) is 19.5 Å². The lowest BCUT2D eigenvalue weighted by molar-refractivity contribution is -0.199. The molecule has 0 spiro atoms. The van der Waals surface area contributed by atoms with Crippen LogP contribution in [0, 0.1) is 5.41 Å². The number of Topliss-reactive ketones (excluding diaryl/α,β-unsaturated/α-hetero) is 1. The van der Waals surface area contributed by atoms with Gasteiger partial charge in [0.05, 0.1) is 5.41 Å². The van der Waals surface area contributed by atoms with Crippen LogP contribution in [0.2, 0.25) is 0 Å². The van der Waals surface area contributed by atoms with Gasteiger partial charge < -0.3 is 0 Å². The Balaban J connectivity index is 2.20. The van der Waals surface area contributed by atoms with E-state index in [0.717, 1.165) is 13.0 Å². The SMILES string of the molecule is CC1(C(F)(F)F)C=CC(C(=O)c2ccccc2)=CC1. The maximum absolute atomic E-state index is 12.8. The van der Waals surface area contributed by atoms with Gasteiger partial charge in [-0.1, -0.05) is 48.6 Å². The Morgan fingerprint density at radius 3 is 2.32 bits per heavy atom. The van der Waals surface area contributed by atoms with Crippen molar-refractivity contribution < 1.29 is 18.0 Å². The lowest BCUT2D eigenvalue weighted by atomic mass is 9.80. The number of allylic oxidation sites excluding steroid dienone is 4. The number of alkyl halides is 3. The monoisotopic (exact) mass is 266 g/mol. The summed E-state index contributed by atoms with van der Waals surface area (Å²) in [4.78, 5) is 12.1. The van der Waals surface area contributed by atoms with Crippen molar-refractivity contribution >= 4 is 5.78 Å². The van der Waals surface area contributed by atoms with Gasteiger partial charge in [-0.05, 0) is 13.3 Å². The minimum Gasteiger partial charge on any atom is -0.289 e. The maximum atomic E-state index is 12.8. The van der Waals surface area contributed by atoms with E-state index < -0.39 is 11.6 Å². The molecular weight excluding hydrogens is 253 g/mol. The number of rotatable bonds is 2. The van der Waals surface area contributed by atoms with Crippen LogP contribution in [0.25, 0.3) is 0 Å². The molecule has 1 aliphatic carbocycles. The molecule has 0 amide bonds. The zero-order valence-corrected chi connectivity index (χ0v) is 10.4. The molecule has 0 aliphatic heterocycles. The third-order valence-electron chi connectivity index (χ3n) is 3.32. The van der Waals surface area contributed by atoms with Crippen LogP contribution in [0.5, 0.6) is 0 Å². The fourth-order valence-corrected chi connectivity index (χ4v) is 1.87. The quantitative estimate of drug-likeness (QED) is 0.728. The molecule has 1 nitrogen and oxygen atoms in total. The first-order chi connectivity index (χ1) is 8.83. The second-order valence-corrected chi connectivity index (χ2v) is 4.81. The number of hydrogen-bond acceptors (Lipinski definition) is 1. The Kier molecular flexibility index (Phi) is 3.35. The summed E-state index contributed by atoms with van der Waals surface area (Å²) < 4.78 is 38.4. The van der Waals surface area contributed by atoms with Crippen LogP contribution in [-0.4, -0.2) is 12.0 Å². The molecule has 100 valence electrons. The molecule has 0 bridgehead atoms. The van der Waals surface area contributed by atoms with Gasteiger partial charge >= 0.3 is 6.18 Å². The van der Waals surface area contributed by atoms with Crippen molar-refractivity contribution in [1.29, 1.82) is 0 Å². The van der Waals surface area contributed by atoms with Crippen LogP contribution in [-0.2, 0) is 0 Å². The van der Waals surface area contributed by atoms with E-state index in [9.17, 15) is 18.0 Å².